The molecule has 0 aliphatic carbocycles. The molecule has 0 aromatic carbocycles. The summed E-state index contributed by atoms with van der Waals surface area (Å²) in [7, 11) is 0. The smallest absolute Gasteiger partial charge is 0.223 e. The van der Waals surface area contributed by atoms with Crippen LogP contribution in [-0.2, 0) is 5.54 Å². The van der Waals surface area contributed by atoms with Crippen molar-refractivity contribution < 1.29 is 4.74 Å². The van der Waals surface area contributed by atoms with Crippen LogP contribution in [0.3, 0.4) is 0 Å². The lowest BCUT2D eigenvalue weighted by molar-refractivity contribution is 0.213. The molecule has 0 spiro atoms. The molecule has 8 heteroatoms. The summed E-state index contributed by atoms with van der Waals surface area (Å²) in [5.41, 5.74) is 9.05. The summed E-state index contributed by atoms with van der Waals surface area (Å²) in [5.74, 6) is 1.54. The first kappa shape index (κ1) is 19.6. The van der Waals surface area contributed by atoms with Crippen LogP contribution in [0.1, 0.15) is 39.2 Å². The minimum absolute atomic E-state index is 0.0411. The van der Waals surface area contributed by atoms with Crippen LogP contribution in [0, 0.1) is 0 Å². The summed E-state index contributed by atoms with van der Waals surface area (Å²) in [6.45, 7) is 5.88. The molecule has 2 heterocycles. The van der Waals surface area contributed by atoms with Gasteiger partial charge in [-0.05, 0) is 61.2 Å². The van der Waals surface area contributed by atoms with Crippen molar-refractivity contribution in [3.05, 3.63) is 39.6 Å². The maximum atomic E-state index is 8.95. The minimum Gasteiger partial charge on any atom is -0.474 e. The van der Waals surface area contributed by atoms with Gasteiger partial charge >= 0.3 is 0 Å². The number of fused-ring (bicyclic) bond motifs is 1. The van der Waals surface area contributed by atoms with E-state index in [9.17, 15) is 0 Å². The van der Waals surface area contributed by atoms with Crippen molar-refractivity contribution in [2.45, 2.75) is 45.3 Å². The van der Waals surface area contributed by atoms with Gasteiger partial charge in [0.2, 0.25) is 5.88 Å². The number of azide groups is 1. The lowest BCUT2D eigenvalue weighted by atomic mass is 9.88. The Hall–Kier alpha value is -1.69. The zero-order valence-electron chi connectivity index (χ0n) is 14.9. The molecule has 2 rings (SSSR count). The van der Waals surface area contributed by atoms with Crippen molar-refractivity contribution in [2.75, 3.05) is 12.0 Å². The highest BCUT2D eigenvalue weighted by atomic mass is 35.5. The summed E-state index contributed by atoms with van der Waals surface area (Å²) in [4.78, 5) is 11.7. The van der Waals surface area contributed by atoms with E-state index in [0.717, 1.165) is 28.5 Å². The van der Waals surface area contributed by atoms with Crippen LogP contribution < -0.4 is 4.74 Å². The van der Waals surface area contributed by atoms with Crippen molar-refractivity contribution >= 4 is 34.1 Å². The zero-order chi connectivity index (χ0) is 18.4. The third-order valence-corrected chi connectivity index (χ3v) is 5.13. The van der Waals surface area contributed by atoms with Gasteiger partial charge in [-0.25, -0.2) is 9.97 Å². The van der Waals surface area contributed by atoms with Crippen molar-refractivity contribution in [2.24, 2.45) is 5.11 Å². The van der Waals surface area contributed by atoms with Gasteiger partial charge in [0.05, 0.1) is 17.0 Å². The number of hydrogen-bond acceptors (Lipinski definition) is 5. The second kappa shape index (κ2) is 8.61. The van der Waals surface area contributed by atoms with E-state index in [2.05, 4.69) is 26.2 Å². The van der Waals surface area contributed by atoms with E-state index in [0.29, 0.717) is 17.5 Å². The Balaban J connectivity index is 2.55. The average molecular weight is 380 g/mol. The predicted molar refractivity (Wildman–Crippen MR) is 104 cm³/mol. The zero-order valence-corrected chi connectivity index (χ0v) is 16.4. The highest BCUT2D eigenvalue weighted by Gasteiger charge is 2.27. The molecule has 0 radical (unpaired) electrons. The molecular formula is C17H22ClN5OS. The molecule has 2 atom stereocenters. The normalized spacial score (nSPS) is 14.6. The third kappa shape index (κ3) is 4.48. The summed E-state index contributed by atoms with van der Waals surface area (Å²) in [6, 6.07) is 1.77. The first-order chi connectivity index (χ1) is 11.9. The number of hydrogen-bond donors (Lipinski definition) is 0. The van der Waals surface area contributed by atoms with Crippen LogP contribution in [0.4, 0.5) is 0 Å². The van der Waals surface area contributed by atoms with E-state index < -0.39 is 5.54 Å². The first-order valence-electron chi connectivity index (χ1n) is 8.11. The molecule has 0 saturated carbocycles. The quantitative estimate of drug-likeness (QED) is 0.253. The van der Waals surface area contributed by atoms with Gasteiger partial charge in [-0.2, -0.15) is 11.8 Å². The van der Waals surface area contributed by atoms with Crippen LogP contribution in [0.25, 0.3) is 21.2 Å². The largest absolute Gasteiger partial charge is 0.474 e. The lowest BCUT2D eigenvalue weighted by Gasteiger charge is -2.25. The number of rotatable bonds is 8. The Labute approximate surface area is 157 Å². The fourth-order valence-corrected chi connectivity index (χ4v) is 3.28. The van der Waals surface area contributed by atoms with Gasteiger partial charge in [-0.15, -0.1) is 0 Å². The van der Waals surface area contributed by atoms with Crippen LogP contribution in [0.5, 0.6) is 5.88 Å². The summed E-state index contributed by atoms with van der Waals surface area (Å²) >= 11 is 7.89. The van der Waals surface area contributed by atoms with Crippen LogP contribution in [-0.4, -0.2) is 28.1 Å². The molecule has 0 fully saturated rings. The first-order valence-corrected chi connectivity index (χ1v) is 9.89. The van der Waals surface area contributed by atoms with Gasteiger partial charge in [0.25, 0.3) is 0 Å². The molecule has 0 bridgehead atoms. The van der Waals surface area contributed by atoms with E-state index >= 15 is 0 Å². The third-order valence-electron chi connectivity index (χ3n) is 4.28. The molecule has 6 nitrogen and oxygen atoms in total. The Morgan fingerprint density at radius 1 is 1.40 bits per heavy atom. The number of thioether (sulfide) groups is 1. The van der Waals surface area contributed by atoms with Gasteiger partial charge in [0.15, 0.2) is 0 Å². The molecule has 0 N–H and O–H groups in total. The standard InChI is InChI=1S/C17H22ClN5OS/c1-5-17(3,22-23-19)14-10-21-16(24-11(2)6-7-25-4)13-9-20-15(18)8-12(13)14/h8-11H,5-7H2,1-4H3. The maximum absolute atomic E-state index is 8.95. The number of ether oxygens (including phenoxy) is 1. The van der Waals surface area contributed by atoms with E-state index in [1.807, 2.05) is 20.8 Å². The van der Waals surface area contributed by atoms with Crippen LogP contribution in [0.2, 0.25) is 5.15 Å². The van der Waals surface area contributed by atoms with Gasteiger partial charge in [0, 0.05) is 17.3 Å². The Morgan fingerprint density at radius 2 is 2.16 bits per heavy atom. The summed E-state index contributed by atoms with van der Waals surface area (Å²) in [5, 5.41) is 5.98. The monoisotopic (exact) mass is 379 g/mol. The highest BCUT2D eigenvalue weighted by molar-refractivity contribution is 7.98. The second-order valence-electron chi connectivity index (χ2n) is 6.06. The summed E-state index contributed by atoms with van der Waals surface area (Å²) < 4.78 is 6.02. The second-order valence-corrected chi connectivity index (χ2v) is 7.43. The predicted octanol–water partition coefficient (Wildman–Crippen LogP) is 5.74. The van der Waals surface area contributed by atoms with Gasteiger partial charge < -0.3 is 4.74 Å². The summed E-state index contributed by atoms with van der Waals surface area (Å²) in [6.07, 6.45) is 7.06. The van der Waals surface area contributed by atoms with Gasteiger partial charge in [0.1, 0.15) is 5.15 Å². The van der Waals surface area contributed by atoms with E-state index in [1.54, 1.807) is 30.2 Å². The fourth-order valence-electron chi connectivity index (χ4n) is 2.56. The average Bonchev–Trinajstić information content (AvgIpc) is 2.60. The number of halogens is 1. The van der Waals surface area contributed by atoms with Crippen molar-refractivity contribution in [3.8, 4) is 5.88 Å². The van der Waals surface area contributed by atoms with E-state index in [-0.39, 0.29) is 6.10 Å². The number of pyridine rings is 2. The molecule has 0 aliphatic heterocycles. The lowest BCUT2D eigenvalue weighted by Crippen LogP contribution is -2.19. The fraction of sp³-hybridized carbons (Fsp3) is 0.529. The number of nitrogens with zero attached hydrogens (tertiary/aromatic N) is 5. The van der Waals surface area contributed by atoms with Crippen LogP contribution >= 0.6 is 23.4 Å². The number of aromatic nitrogens is 2. The molecule has 2 aromatic rings. The maximum Gasteiger partial charge on any atom is 0.223 e. The van der Waals surface area contributed by atoms with Gasteiger partial charge in [-0.3, -0.25) is 0 Å². The minimum atomic E-state index is -0.715. The van der Waals surface area contributed by atoms with Crippen molar-refractivity contribution in [3.63, 3.8) is 0 Å². The molecule has 2 aromatic heterocycles. The van der Waals surface area contributed by atoms with Gasteiger partial charge in [-0.1, -0.05) is 23.6 Å². The van der Waals surface area contributed by atoms with Crippen molar-refractivity contribution in [1.29, 1.82) is 0 Å². The molecule has 2 unspecified atom stereocenters. The molecule has 25 heavy (non-hydrogen) atoms. The Morgan fingerprint density at radius 3 is 2.80 bits per heavy atom. The SMILES string of the molecule is CCC(C)(N=[N+]=[N-])c1cnc(OC(C)CCSC)c2cnc(Cl)cc12. The topological polar surface area (TPSA) is 83.8 Å². The molecule has 134 valence electrons. The van der Waals surface area contributed by atoms with Crippen molar-refractivity contribution in [1.82, 2.24) is 9.97 Å². The van der Waals surface area contributed by atoms with E-state index in [1.165, 1.54) is 0 Å². The van der Waals surface area contributed by atoms with E-state index in [4.69, 9.17) is 21.9 Å². The molecule has 0 amide bonds. The van der Waals surface area contributed by atoms with Crippen LogP contribution in [0.15, 0.2) is 23.6 Å². The Bertz CT molecular complexity index is 796. The molecule has 0 saturated heterocycles. The molecule has 0 aliphatic rings. The Kier molecular flexibility index (Phi) is 6.76. The molecular weight excluding hydrogens is 358 g/mol. The highest BCUT2D eigenvalue weighted by Crippen LogP contribution is 2.37.